The average Bonchev–Trinajstić information content (AvgIpc) is 2.15. The first-order valence-electron chi connectivity index (χ1n) is 3.50. The number of aliphatic hydroxyl groups is 1. The number of aliphatic hydroxyl groups excluding tert-OH is 1. The molecule has 0 unspecified atom stereocenters. The van der Waals surface area contributed by atoms with E-state index in [1.807, 2.05) is 0 Å². The van der Waals surface area contributed by atoms with Crippen LogP contribution >= 0.6 is 46.4 Å². The minimum Gasteiger partial charge on any atom is -0.384 e. The molecule has 14 heavy (non-hydrogen) atoms. The second-order valence-corrected chi connectivity index (χ2v) is 3.87. The van der Waals surface area contributed by atoms with Gasteiger partial charge in [-0.3, -0.25) is 0 Å². The van der Waals surface area contributed by atoms with Gasteiger partial charge < -0.3 is 5.11 Å². The van der Waals surface area contributed by atoms with Crippen LogP contribution in [0.15, 0.2) is 6.07 Å². The second kappa shape index (κ2) is 5.11. The second-order valence-electron chi connectivity index (χ2n) is 2.30. The Balaban J connectivity index is 3.39. The summed E-state index contributed by atoms with van der Waals surface area (Å²) >= 11 is 23.2. The van der Waals surface area contributed by atoms with Crippen molar-refractivity contribution in [3.05, 3.63) is 31.7 Å². The molecule has 1 aromatic rings. The molecular weight excluding hydrogens is 266 g/mol. The predicted molar refractivity (Wildman–Crippen MR) is 60.4 cm³/mol. The van der Waals surface area contributed by atoms with Gasteiger partial charge in [0, 0.05) is 0 Å². The molecule has 0 aromatic heterocycles. The SMILES string of the molecule is OCC#Cc1c(Cl)c(Cl)cc(Cl)c1Cl. The molecule has 0 aliphatic heterocycles. The highest BCUT2D eigenvalue weighted by molar-refractivity contribution is 6.48. The van der Waals surface area contributed by atoms with Gasteiger partial charge in [0.05, 0.1) is 25.7 Å². The monoisotopic (exact) mass is 268 g/mol. The van der Waals surface area contributed by atoms with Crippen molar-refractivity contribution in [1.29, 1.82) is 0 Å². The summed E-state index contributed by atoms with van der Waals surface area (Å²) in [5.41, 5.74) is 0.333. The van der Waals surface area contributed by atoms with Gasteiger partial charge in [-0.25, -0.2) is 0 Å². The van der Waals surface area contributed by atoms with Gasteiger partial charge in [-0.2, -0.15) is 0 Å². The molecule has 0 amide bonds. The molecule has 0 radical (unpaired) electrons. The maximum Gasteiger partial charge on any atom is 0.104 e. The lowest BCUT2D eigenvalue weighted by Crippen LogP contribution is -1.84. The summed E-state index contributed by atoms with van der Waals surface area (Å²) in [6, 6.07) is 1.44. The van der Waals surface area contributed by atoms with Gasteiger partial charge in [0.25, 0.3) is 0 Å². The quantitative estimate of drug-likeness (QED) is 0.563. The Hall–Kier alpha value is -0.100. The maximum atomic E-state index is 8.52. The van der Waals surface area contributed by atoms with Crippen LogP contribution in [0.4, 0.5) is 0 Å². The van der Waals surface area contributed by atoms with Gasteiger partial charge >= 0.3 is 0 Å². The zero-order valence-corrected chi connectivity index (χ0v) is 9.77. The normalized spacial score (nSPS) is 9.50. The molecular formula is C9H4Cl4O. The lowest BCUT2D eigenvalue weighted by Gasteiger charge is -2.03. The smallest absolute Gasteiger partial charge is 0.104 e. The highest BCUT2D eigenvalue weighted by Gasteiger charge is 2.11. The summed E-state index contributed by atoms with van der Waals surface area (Å²) in [5, 5.41) is 9.56. The van der Waals surface area contributed by atoms with Gasteiger partial charge in [-0.15, -0.1) is 0 Å². The fraction of sp³-hybridized carbons (Fsp3) is 0.111. The fourth-order valence-corrected chi connectivity index (χ4v) is 1.71. The van der Waals surface area contributed by atoms with Gasteiger partial charge in [-0.05, 0) is 6.07 Å². The number of halogens is 4. The van der Waals surface area contributed by atoms with Crippen molar-refractivity contribution >= 4 is 46.4 Å². The zero-order chi connectivity index (χ0) is 10.7. The predicted octanol–water partition coefficient (Wildman–Crippen LogP) is 3.64. The highest BCUT2D eigenvalue weighted by Crippen LogP contribution is 2.36. The molecule has 0 heterocycles. The largest absolute Gasteiger partial charge is 0.384 e. The third-order valence-electron chi connectivity index (χ3n) is 1.40. The maximum absolute atomic E-state index is 8.52. The summed E-state index contributed by atoms with van der Waals surface area (Å²) in [6.07, 6.45) is 0. The lowest BCUT2D eigenvalue weighted by atomic mass is 10.2. The van der Waals surface area contributed by atoms with Gasteiger partial charge in [0.2, 0.25) is 0 Å². The molecule has 0 aliphatic rings. The van der Waals surface area contributed by atoms with E-state index in [1.54, 1.807) is 0 Å². The Bertz CT molecular complexity index is 391. The first-order valence-corrected chi connectivity index (χ1v) is 5.01. The van der Waals surface area contributed by atoms with Crippen LogP contribution in [0.2, 0.25) is 20.1 Å². The van der Waals surface area contributed by atoms with Crippen molar-refractivity contribution in [1.82, 2.24) is 0 Å². The van der Waals surface area contributed by atoms with Crippen molar-refractivity contribution < 1.29 is 5.11 Å². The average molecular weight is 270 g/mol. The summed E-state index contributed by atoms with van der Waals surface area (Å²) in [5.74, 6) is 5.00. The molecule has 5 heteroatoms. The standard InChI is InChI=1S/C9H4Cl4O/c10-6-4-7(11)9(13)5(8(6)12)2-1-3-14/h4,14H,3H2. The van der Waals surface area contributed by atoms with Crippen LogP contribution in [0.3, 0.4) is 0 Å². The van der Waals surface area contributed by atoms with Crippen LogP contribution in [0.25, 0.3) is 0 Å². The first-order chi connectivity index (χ1) is 6.57. The van der Waals surface area contributed by atoms with Gasteiger partial charge in [0.15, 0.2) is 0 Å². The van der Waals surface area contributed by atoms with E-state index in [0.29, 0.717) is 5.56 Å². The molecule has 0 atom stereocenters. The third kappa shape index (κ3) is 2.48. The molecule has 1 N–H and O–H groups in total. The summed E-state index contributed by atoms with van der Waals surface area (Å²) in [6.45, 7) is -0.281. The van der Waals surface area contributed by atoms with Crippen LogP contribution in [-0.4, -0.2) is 11.7 Å². The molecule has 1 rings (SSSR count). The molecule has 0 saturated carbocycles. The molecule has 1 nitrogen and oxygen atoms in total. The van der Waals surface area contributed by atoms with E-state index in [0.717, 1.165) is 0 Å². The number of rotatable bonds is 0. The third-order valence-corrected chi connectivity index (χ3v) is 2.98. The number of hydrogen-bond acceptors (Lipinski definition) is 1. The topological polar surface area (TPSA) is 20.2 Å². The van der Waals surface area contributed by atoms with Crippen molar-refractivity contribution in [3.8, 4) is 11.8 Å². The summed E-state index contributed by atoms with van der Waals surface area (Å²) in [4.78, 5) is 0. The number of hydrogen-bond donors (Lipinski definition) is 1. The molecule has 0 fully saturated rings. The van der Waals surface area contributed by atoms with Crippen LogP contribution in [0.5, 0.6) is 0 Å². The van der Waals surface area contributed by atoms with E-state index in [4.69, 9.17) is 51.5 Å². The van der Waals surface area contributed by atoms with Gasteiger partial charge in [-0.1, -0.05) is 58.2 Å². The van der Waals surface area contributed by atoms with Crippen LogP contribution in [0, 0.1) is 11.8 Å². The van der Waals surface area contributed by atoms with Crippen LogP contribution < -0.4 is 0 Å². The van der Waals surface area contributed by atoms with Crippen molar-refractivity contribution in [3.63, 3.8) is 0 Å². The highest BCUT2D eigenvalue weighted by atomic mass is 35.5. The Kier molecular flexibility index (Phi) is 4.37. The van der Waals surface area contributed by atoms with Crippen molar-refractivity contribution in [2.75, 3.05) is 6.61 Å². The minimum absolute atomic E-state index is 0.238. The van der Waals surface area contributed by atoms with E-state index < -0.39 is 0 Å². The van der Waals surface area contributed by atoms with E-state index in [1.165, 1.54) is 6.07 Å². The van der Waals surface area contributed by atoms with E-state index in [-0.39, 0.29) is 26.7 Å². The summed E-state index contributed by atoms with van der Waals surface area (Å²) < 4.78 is 0. The van der Waals surface area contributed by atoms with E-state index in [2.05, 4.69) is 11.8 Å². The molecule has 1 aromatic carbocycles. The number of benzene rings is 1. The van der Waals surface area contributed by atoms with Crippen molar-refractivity contribution in [2.24, 2.45) is 0 Å². The minimum atomic E-state index is -0.281. The van der Waals surface area contributed by atoms with E-state index >= 15 is 0 Å². The van der Waals surface area contributed by atoms with Gasteiger partial charge in [0.1, 0.15) is 6.61 Å². The molecule has 74 valence electrons. The fourth-order valence-electron chi connectivity index (χ4n) is 0.811. The summed E-state index contributed by atoms with van der Waals surface area (Å²) in [7, 11) is 0. The Morgan fingerprint density at radius 3 is 2.00 bits per heavy atom. The Labute approximate surface area is 102 Å². The molecule has 0 spiro atoms. The molecule has 0 bridgehead atoms. The Morgan fingerprint density at radius 2 is 1.57 bits per heavy atom. The van der Waals surface area contributed by atoms with Crippen LogP contribution in [-0.2, 0) is 0 Å². The van der Waals surface area contributed by atoms with E-state index in [9.17, 15) is 0 Å². The van der Waals surface area contributed by atoms with Crippen molar-refractivity contribution in [2.45, 2.75) is 0 Å². The lowest BCUT2D eigenvalue weighted by molar-refractivity contribution is 0.350. The van der Waals surface area contributed by atoms with Crippen LogP contribution in [0.1, 0.15) is 5.56 Å². The molecule has 0 aliphatic carbocycles. The first kappa shape index (κ1) is 12.0. The Morgan fingerprint density at radius 1 is 1.07 bits per heavy atom. The molecule has 0 saturated heterocycles. The zero-order valence-electron chi connectivity index (χ0n) is 6.74.